The van der Waals surface area contributed by atoms with Crippen LogP contribution in [0.2, 0.25) is 0 Å². The second-order valence-electron chi connectivity index (χ2n) is 4.65. The number of H-pyrrole nitrogens is 1. The van der Waals surface area contributed by atoms with Crippen LogP contribution in [0, 0.1) is 0 Å². The predicted octanol–water partition coefficient (Wildman–Crippen LogP) is 2.75. The molecule has 2 heterocycles. The van der Waals surface area contributed by atoms with Gasteiger partial charge in [-0.15, -0.1) is 0 Å². The summed E-state index contributed by atoms with van der Waals surface area (Å²) in [6.45, 7) is 0. The molecule has 0 bridgehead atoms. The van der Waals surface area contributed by atoms with Gasteiger partial charge < -0.3 is 5.11 Å². The largest absolute Gasteiger partial charge is 0.388 e. The van der Waals surface area contributed by atoms with Crippen LogP contribution in [-0.4, -0.2) is 20.3 Å². The molecule has 2 N–H and O–H groups in total. The molecule has 0 saturated carbocycles. The van der Waals surface area contributed by atoms with Crippen molar-refractivity contribution in [3.8, 4) is 11.3 Å². The van der Waals surface area contributed by atoms with Gasteiger partial charge in [0.05, 0.1) is 18.0 Å². The average Bonchev–Trinajstić information content (AvgIpc) is 2.99. The second kappa shape index (κ2) is 5.67. The smallest absolute Gasteiger partial charge is 0.0867 e. The highest BCUT2D eigenvalue weighted by Crippen LogP contribution is 2.27. The van der Waals surface area contributed by atoms with E-state index < -0.39 is 6.10 Å². The van der Waals surface area contributed by atoms with E-state index in [2.05, 4.69) is 15.2 Å². The van der Waals surface area contributed by atoms with Gasteiger partial charge in [0, 0.05) is 24.4 Å². The molecule has 20 heavy (non-hydrogen) atoms. The molecule has 1 aromatic carbocycles. The lowest BCUT2D eigenvalue weighted by atomic mass is 10.00. The minimum atomic E-state index is -0.604. The molecule has 1 atom stereocenters. The number of aromatic nitrogens is 3. The maximum atomic E-state index is 10.4. The molecule has 4 heteroatoms. The Kier molecular flexibility index (Phi) is 3.56. The molecule has 3 rings (SSSR count). The van der Waals surface area contributed by atoms with Crippen molar-refractivity contribution < 1.29 is 5.11 Å². The monoisotopic (exact) mass is 265 g/mol. The minimum absolute atomic E-state index is 0.521. The van der Waals surface area contributed by atoms with Crippen molar-refractivity contribution in [3.63, 3.8) is 0 Å². The number of aliphatic hydroxyl groups excluding tert-OH is 1. The number of nitrogens with zero attached hydrogens (tertiary/aromatic N) is 2. The van der Waals surface area contributed by atoms with E-state index in [4.69, 9.17) is 0 Å². The number of aliphatic hydroxyl groups is 1. The van der Waals surface area contributed by atoms with Gasteiger partial charge in [-0.2, -0.15) is 5.10 Å². The molecule has 0 amide bonds. The van der Waals surface area contributed by atoms with Gasteiger partial charge in [-0.3, -0.25) is 10.1 Å². The molecule has 4 nitrogen and oxygen atoms in total. The first-order valence-electron chi connectivity index (χ1n) is 6.50. The summed E-state index contributed by atoms with van der Waals surface area (Å²) in [5, 5.41) is 17.4. The van der Waals surface area contributed by atoms with Crippen molar-refractivity contribution in [1.29, 1.82) is 0 Å². The van der Waals surface area contributed by atoms with Gasteiger partial charge in [0.1, 0.15) is 0 Å². The van der Waals surface area contributed by atoms with E-state index in [-0.39, 0.29) is 0 Å². The standard InChI is InChI=1S/C16H15N3O/c20-15(9-12-5-4-8-17-10-12)14-11-18-19-16(14)13-6-2-1-3-7-13/h1-8,10-11,15,20H,9H2,(H,18,19). The zero-order chi connectivity index (χ0) is 13.8. The Bertz CT molecular complexity index is 664. The van der Waals surface area contributed by atoms with E-state index in [0.29, 0.717) is 6.42 Å². The van der Waals surface area contributed by atoms with Gasteiger partial charge in [0.25, 0.3) is 0 Å². The maximum Gasteiger partial charge on any atom is 0.0867 e. The Morgan fingerprint density at radius 2 is 1.90 bits per heavy atom. The summed E-state index contributed by atoms with van der Waals surface area (Å²) in [7, 11) is 0. The molecule has 0 aliphatic rings. The van der Waals surface area contributed by atoms with Crippen molar-refractivity contribution in [1.82, 2.24) is 15.2 Å². The Labute approximate surface area is 117 Å². The van der Waals surface area contributed by atoms with E-state index in [1.807, 2.05) is 42.5 Å². The molecular weight excluding hydrogens is 250 g/mol. The summed E-state index contributed by atoms with van der Waals surface area (Å²) < 4.78 is 0. The van der Waals surface area contributed by atoms with Crippen molar-refractivity contribution in [2.45, 2.75) is 12.5 Å². The molecule has 3 aromatic rings. The SMILES string of the molecule is OC(Cc1cccnc1)c1cn[nH]c1-c1ccccc1. The Balaban J connectivity index is 1.86. The highest BCUT2D eigenvalue weighted by Gasteiger charge is 2.16. The highest BCUT2D eigenvalue weighted by atomic mass is 16.3. The first kappa shape index (κ1) is 12.6. The third kappa shape index (κ3) is 2.60. The Morgan fingerprint density at radius 3 is 2.65 bits per heavy atom. The van der Waals surface area contributed by atoms with Crippen LogP contribution in [0.3, 0.4) is 0 Å². The lowest BCUT2D eigenvalue weighted by molar-refractivity contribution is 0.179. The van der Waals surface area contributed by atoms with Crippen LogP contribution in [0.5, 0.6) is 0 Å². The number of hydrogen-bond acceptors (Lipinski definition) is 3. The summed E-state index contributed by atoms with van der Waals surface area (Å²) in [5.74, 6) is 0. The van der Waals surface area contributed by atoms with E-state index in [0.717, 1.165) is 22.4 Å². The van der Waals surface area contributed by atoms with E-state index in [9.17, 15) is 5.11 Å². The third-order valence-electron chi connectivity index (χ3n) is 3.24. The molecule has 1 unspecified atom stereocenters. The van der Waals surface area contributed by atoms with Crippen molar-refractivity contribution in [2.24, 2.45) is 0 Å². The fourth-order valence-electron chi connectivity index (χ4n) is 2.24. The number of benzene rings is 1. The quantitative estimate of drug-likeness (QED) is 0.762. The van der Waals surface area contributed by atoms with Gasteiger partial charge in [0.2, 0.25) is 0 Å². The molecule has 100 valence electrons. The van der Waals surface area contributed by atoms with Crippen molar-refractivity contribution >= 4 is 0 Å². The third-order valence-corrected chi connectivity index (χ3v) is 3.24. The van der Waals surface area contributed by atoms with E-state index >= 15 is 0 Å². The van der Waals surface area contributed by atoms with Crippen LogP contribution in [-0.2, 0) is 6.42 Å². The Morgan fingerprint density at radius 1 is 1.05 bits per heavy atom. The first-order valence-corrected chi connectivity index (χ1v) is 6.50. The summed E-state index contributed by atoms with van der Waals surface area (Å²) >= 11 is 0. The molecule has 2 aromatic heterocycles. The van der Waals surface area contributed by atoms with E-state index in [1.165, 1.54) is 0 Å². The molecule has 0 aliphatic heterocycles. The molecule has 0 aliphatic carbocycles. The summed E-state index contributed by atoms with van der Waals surface area (Å²) in [4.78, 5) is 4.07. The Hall–Kier alpha value is -2.46. The number of aromatic amines is 1. The molecule has 0 fully saturated rings. The average molecular weight is 265 g/mol. The fraction of sp³-hybridized carbons (Fsp3) is 0.125. The van der Waals surface area contributed by atoms with Gasteiger partial charge in [-0.25, -0.2) is 0 Å². The highest BCUT2D eigenvalue weighted by molar-refractivity contribution is 5.62. The van der Waals surface area contributed by atoms with Crippen molar-refractivity contribution in [2.75, 3.05) is 0 Å². The lowest BCUT2D eigenvalue weighted by Gasteiger charge is -2.11. The number of rotatable bonds is 4. The van der Waals surface area contributed by atoms with Crippen molar-refractivity contribution in [3.05, 3.63) is 72.2 Å². The zero-order valence-electron chi connectivity index (χ0n) is 10.9. The van der Waals surface area contributed by atoms with E-state index in [1.54, 1.807) is 18.6 Å². The molecule has 0 saturated heterocycles. The van der Waals surface area contributed by atoms with Crippen LogP contribution in [0.4, 0.5) is 0 Å². The second-order valence-corrected chi connectivity index (χ2v) is 4.65. The van der Waals surface area contributed by atoms with Crippen LogP contribution < -0.4 is 0 Å². The summed E-state index contributed by atoms with van der Waals surface area (Å²) in [5.41, 5.74) is 3.69. The van der Waals surface area contributed by atoms with Gasteiger partial charge >= 0.3 is 0 Å². The van der Waals surface area contributed by atoms with Crippen LogP contribution in [0.1, 0.15) is 17.2 Å². The summed E-state index contributed by atoms with van der Waals surface area (Å²) in [6.07, 6.45) is 5.10. The van der Waals surface area contributed by atoms with Gasteiger partial charge in [-0.1, -0.05) is 36.4 Å². The van der Waals surface area contributed by atoms with Crippen LogP contribution in [0.15, 0.2) is 61.1 Å². The predicted molar refractivity (Wildman–Crippen MR) is 76.9 cm³/mol. The minimum Gasteiger partial charge on any atom is -0.388 e. The fourth-order valence-corrected chi connectivity index (χ4v) is 2.24. The number of pyridine rings is 1. The van der Waals surface area contributed by atoms with Gasteiger partial charge in [0.15, 0.2) is 0 Å². The molecule has 0 radical (unpaired) electrons. The van der Waals surface area contributed by atoms with Gasteiger partial charge in [-0.05, 0) is 17.2 Å². The molecular formula is C16H15N3O. The normalized spacial score (nSPS) is 12.2. The molecule has 0 spiro atoms. The van der Waals surface area contributed by atoms with Crippen LogP contribution >= 0.6 is 0 Å². The first-order chi connectivity index (χ1) is 9.84. The number of nitrogens with one attached hydrogen (secondary N) is 1. The lowest BCUT2D eigenvalue weighted by Crippen LogP contribution is -2.02. The number of hydrogen-bond donors (Lipinski definition) is 2. The maximum absolute atomic E-state index is 10.4. The van der Waals surface area contributed by atoms with Crippen LogP contribution in [0.25, 0.3) is 11.3 Å². The summed E-state index contributed by atoms with van der Waals surface area (Å²) in [6, 6.07) is 13.7. The zero-order valence-corrected chi connectivity index (χ0v) is 10.9. The topological polar surface area (TPSA) is 61.8 Å².